The Hall–Kier alpha value is -3.46. The molecular formula is C21H25N5O4. The molecule has 0 bridgehead atoms. The molecule has 3 aromatic rings. The highest BCUT2D eigenvalue weighted by atomic mass is 16.6. The van der Waals surface area contributed by atoms with E-state index in [2.05, 4.69) is 20.4 Å². The molecule has 158 valence electrons. The number of H-pyrrole nitrogens is 1. The second-order valence-electron chi connectivity index (χ2n) is 6.95. The minimum absolute atomic E-state index is 0.147. The number of hydrogen-bond acceptors (Lipinski definition) is 6. The molecule has 0 aliphatic rings. The summed E-state index contributed by atoms with van der Waals surface area (Å²) in [6.07, 6.45) is 1.56. The van der Waals surface area contributed by atoms with Gasteiger partial charge in [-0.05, 0) is 51.5 Å². The number of pyridine rings is 1. The van der Waals surface area contributed by atoms with E-state index in [9.17, 15) is 9.59 Å². The molecule has 0 radical (unpaired) electrons. The maximum Gasteiger partial charge on any atom is 0.340 e. The summed E-state index contributed by atoms with van der Waals surface area (Å²) in [5, 5.41) is 7.19. The number of amides is 1. The number of rotatable bonds is 7. The van der Waals surface area contributed by atoms with E-state index in [1.807, 2.05) is 19.9 Å². The predicted octanol–water partition coefficient (Wildman–Crippen LogP) is 2.88. The Balaban J connectivity index is 1.74. The van der Waals surface area contributed by atoms with E-state index in [0.717, 1.165) is 11.4 Å². The first-order valence-electron chi connectivity index (χ1n) is 9.48. The van der Waals surface area contributed by atoms with Crippen LogP contribution in [-0.2, 0) is 9.47 Å². The maximum atomic E-state index is 12.7. The van der Waals surface area contributed by atoms with Gasteiger partial charge in [0, 0.05) is 18.5 Å². The number of methoxy groups -OCH3 is 1. The largest absolute Gasteiger partial charge is 0.460 e. The summed E-state index contributed by atoms with van der Waals surface area (Å²) in [4.78, 5) is 32.4. The van der Waals surface area contributed by atoms with Gasteiger partial charge in [0.1, 0.15) is 12.3 Å². The monoisotopic (exact) mass is 411 g/mol. The molecule has 0 aromatic carbocycles. The van der Waals surface area contributed by atoms with E-state index in [1.54, 1.807) is 36.9 Å². The van der Waals surface area contributed by atoms with Gasteiger partial charge in [-0.15, -0.1) is 0 Å². The van der Waals surface area contributed by atoms with Crippen molar-refractivity contribution in [2.45, 2.75) is 27.7 Å². The number of hydrogen-bond donors (Lipinski definition) is 2. The van der Waals surface area contributed by atoms with Crippen LogP contribution in [0.3, 0.4) is 0 Å². The zero-order chi connectivity index (χ0) is 21.8. The van der Waals surface area contributed by atoms with Crippen LogP contribution in [0.4, 0.5) is 5.69 Å². The van der Waals surface area contributed by atoms with Gasteiger partial charge in [-0.3, -0.25) is 4.79 Å². The van der Waals surface area contributed by atoms with Crippen molar-refractivity contribution < 1.29 is 19.1 Å². The van der Waals surface area contributed by atoms with Gasteiger partial charge in [-0.2, -0.15) is 5.10 Å². The summed E-state index contributed by atoms with van der Waals surface area (Å²) in [5.41, 5.74) is 4.15. The van der Waals surface area contributed by atoms with Gasteiger partial charge in [0.2, 0.25) is 0 Å². The Morgan fingerprint density at radius 2 is 1.93 bits per heavy atom. The van der Waals surface area contributed by atoms with Gasteiger partial charge >= 0.3 is 5.97 Å². The van der Waals surface area contributed by atoms with Crippen molar-refractivity contribution in [1.29, 1.82) is 0 Å². The van der Waals surface area contributed by atoms with Gasteiger partial charge < -0.3 is 19.8 Å². The number of aromatic amines is 1. The van der Waals surface area contributed by atoms with Crippen molar-refractivity contribution in [2.24, 2.45) is 0 Å². The topological polar surface area (TPSA) is 111 Å². The van der Waals surface area contributed by atoms with Gasteiger partial charge in [0.25, 0.3) is 5.91 Å². The second-order valence-corrected chi connectivity index (χ2v) is 6.95. The SMILES string of the molecule is COCCOC(=O)c1c(C)[nH]c(C(=O)Nc2ccc(-n3nc(C)cc3C)nc2)c1C. The minimum atomic E-state index is -0.492. The summed E-state index contributed by atoms with van der Waals surface area (Å²) in [6.45, 7) is 7.75. The number of aryl methyl sites for hydroxylation is 3. The average molecular weight is 411 g/mol. The molecule has 9 nitrogen and oxygen atoms in total. The van der Waals surface area contributed by atoms with Crippen LogP contribution in [0.5, 0.6) is 0 Å². The lowest BCUT2D eigenvalue weighted by Crippen LogP contribution is -2.15. The lowest BCUT2D eigenvalue weighted by molar-refractivity contribution is 0.0387. The van der Waals surface area contributed by atoms with E-state index in [1.165, 1.54) is 7.11 Å². The fraction of sp³-hybridized carbons (Fsp3) is 0.333. The van der Waals surface area contributed by atoms with Crippen molar-refractivity contribution >= 4 is 17.6 Å². The van der Waals surface area contributed by atoms with Crippen molar-refractivity contribution in [3.63, 3.8) is 0 Å². The molecule has 0 saturated carbocycles. The minimum Gasteiger partial charge on any atom is -0.460 e. The number of esters is 1. The normalized spacial score (nSPS) is 10.8. The molecule has 0 unspecified atom stereocenters. The number of anilines is 1. The summed E-state index contributed by atoms with van der Waals surface area (Å²) in [7, 11) is 1.53. The Labute approximate surface area is 174 Å². The third-order valence-corrected chi connectivity index (χ3v) is 4.62. The first-order valence-corrected chi connectivity index (χ1v) is 9.48. The van der Waals surface area contributed by atoms with E-state index in [-0.39, 0.29) is 12.5 Å². The van der Waals surface area contributed by atoms with Crippen molar-refractivity contribution in [1.82, 2.24) is 19.7 Å². The standard InChI is InChI=1S/C21H25N5O4/c1-12-10-13(2)26(25-12)17-7-6-16(11-22-17)24-20(27)19-14(3)18(15(4)23-19)21(28)30-9-8-29-5/h6-7,10-11,23H,8-9H2,1-5H3,(H,24,27). The molecule has 0 atom stereocenters. The smallest absolute Gasteiger partial charge is 0.340 e. The van der Waals surface area contributed by atoms with Crippen LogP contribution in [0.2, 0.25) is 0 Å². The fourth-order valence-corrected chi connectivity index (χ4v) is 3.21. The molecule has 2 N–H and O–H groups in total. The van der Waals surface area contributed by atoms with E-state index >= 15 is 0 Å². The molecule has 9 heteroatoms. The summed E-state index contributed by atoms with van der Waals surface area (Å²) in [6, 6.07) is 5.49. The van der Waals surface area contributed by atoms with E-state index in [0.29, 0.717) is 40.6 Å². The fourth-order valence-electron chi connectivity index (χ4n) is 3.21. The predicted molar refractivity (Wildman–Crippen MR) is 111 cm³/mol. The Bertz CT molecular complexity index is 1070. The van der Waals surface area contributed by atoms with Crippen molar-refractivity contribution in [3.8, 4) is 5.82 Å². The highest BCUT2D eigenvalue weighted by Gasteiger charge is 2.23. The first kappa shape index (κ1) is 21.3. The summed E-state index contributed by atoms with van der Waals surface area (Å²) >= 11 is 0. The Morgan fingerprint density at radius 3 is 2.53 bits per heavy atom. The Morgan fingerprint density at radius 1 is 1.17 bits per heavy atom. The highest BCUT2D eigenvalue weighted by molar-refractivity contribution is 6.06. The third kappa shape index (κ3) is 4.41. The second kappa shape index (κ2) is 8.91. The molecule has 0 aliphatic heterocycles. The average Bonchev–Trinajstić information content (AvgIpc) is 3.20. The Kier molecular flexibility index (Phi) is 6.31. The van der Waals surface area contributed by atoms with Gasteiger partial charge in [-0.25, -0.2) is 14.5 Å². The van der Waals surface area contributed by atoms with Gasteiger partial charge in [0.15, 0.2) is 5.82 Å². The van der Waals surface area contributed by atoms with Gasteiger partial charge in [0.05, 0.1) is 29.7 Å². The molecule has 0 aliphatic carbocycles. The molecule has 30 heavy (non-hydrogen) atoms. The van der Waals surface area contributed by atoms with Crippen LogP contribution in [0.1, 0.15) is 43.5 Å². The quantitative estimate of drug-likeness (QED) is 0.457. The number of ether oxygens (including phenoxy) is 2. The number of nitrogens with zero attached hydrogens (tertiary/aromatic N) is 3. The molecule has 3 rings (SSSR count). The van der Waals surface area contributed by atoms with Crippen molar-refractivity contribution in [3.05, 3.63) is 58.3 Å². The zero-order valence-electron chi connectivity index (χ0n) is 17.7. The first-order chi connectivity index (χ1) is 14.3. The lowest BCUT2D eigenvalue weighted by atomic mass is 10.1. The summed E-state index contributed by atoms with van der Waals surface area (Å²) in [5.74, 6) is -0.202. The van der Waals surface area contributed by atoms with Gasteiger partial charge in [-0.1, -0.05) is 0 Å². The van der Waals surface area contributed by atoms with E-state index < -0.39 is 5.97 Å². The molecule has 0 spiro atoms. The van der Waals surface area contributed by atoms with E-state index in [4.69, 9.17) is 9.47 Å². The third-order valence-electron chi connectivity index (χ3n) is 4.62. The van der Waals surface area contributed by atoms with Crippen LogP contribution in [0.15, 0.2) is 24.4 Å². The van der Waals surface area contributed by atoms with Crippen LogP contribution in [0.25, 0.3) is 5.82 Å². The van der Waals surface area contributed by atoms with Crippen LogP contribution >= 0.6 is 0 Å². The summed E-state index contributed by atoms with van der Waals surface area (Å²) < 4.78 is 11.8. The molecule has 0 saturated heterocycles. The van der Waals surface area contributed by atoms with Crippen LogP contribution in [-0.4, -0.2) is 51.9 Å². The van der Waals surface area contributed by atoms with Crippen LogP contribution in [0, 0.1) is 27.7 Å². The number of nitrogens with one attached hydrogen (secondary N) is 2. The molecule has 1 amide bonds. The molecule has 3 aromatic heterocycles. The molecular weight excluding hydrogens is 386 g/mol. The van der Waals surface area contributed by atoms with Crippen LogP contribution < -0.4 is 5.32 Å². The zero-order valence-corrected chi connectivity index (χ0v) is 17.7. The van der Waals surface area contributed by atoms with Crippen molar-refractivity contribution in [2.75, 3.05) is 25.6 Å². The molecule has 0 fully saturated rings. The number of carbonyl (C=O) groups excluding carboxylic acids is 2. The molecule has 3 heterocycles. The maximum absolute atomic E-state index is 12.7. The highest BCUT2D eigenvalue weighted by Crippen LogP contribution is 2.21. The number of carbonyl (C=O) groups is 2. The lowest BCUT2D eigenvalue weighted by Gasteiger charge is -2.07. The number of aromatic nitrogens is 4.